The van der Waals surface area contributed by atoms with Crippen LogP contribution in [0.2, 0.25) is 5.02 Å². The van der Waals surface area contributed by atoms with Crippen molar-refractivity contribution < 1.29 is 4.52 Å². The standard InChI is InChI=1S/C17H15ClN6OS2/c18-12-6-2-1-5-11(12)16-21-22-17(24(16)19)27-10-4-8-14-20-15(23-25-14)13-7-3-9-26-13/h1-3,5-7,9H,4,8,10,19H2. The van der Waals surface area contributed by atoms with Crippen LogP contribution in [0.1, 0.15) is 12.3 Å². The summed E-state index contributed by atoms with van der Waals surface area (Å²) >= 11 is 9.32. The minimum Gasteiger partial charge on any atom is -0.339 e. The number of nitrogen functional groups attached to an aromatic ring is 1. The van der Waals surface area contributed by atoms with Gasteiger partial charge in [-0.05, 0) is 30.0 Å². The number of thiophene rings is 1. The molecule has 0 radical (unpaired) electrons. The minimum atomic E-state index is 0.542. The summed E-state index contributed by atoms with van der Waals surface area (Å²) in [6.07, 6.45) is 1.55. The Morgan fingerprint density at radius 2 is 2.07 bits per heavy atom. The van der Waals surface area contributed by atoms with Crippen molar-refractivity contribution in [1.82, 2.24) is 25.0 Å². The van der Waals surface area contributed by atoms with Crippen LogP contribution in [0.3, 0.4) is 0 Å². The number of thioether (sulfide) groups is 1. The van der Waals surface area contributed by atoms with Gasteiger partial charge in [0, 0.05) is 17.7 Å². The highest BCUT2D eigenvalue weighted by atomic mass is 35.5. The maximum absolute atomic E-state index is 6.21. The second-order valence-corrected chi connectivity index (χ2v) is 8.01. The molecule has 7 nitrogen and oxygen atoms in total. The Bertz CT molecular complexity index is 1030. The van der Waals surface area contributed by atoms with Crippen molar-refractivity contribution in [1.29, 1.82) is 0 Å². The number of rotatable bonds is 7. The number of halogens is 1. The van der Waals surface area contributed by atoms with Crippen LogP contribution in [-0.4, -0.2) is 30.8 Å². The van der Waals surface area contributed by atoms with Crippen LogP contribution in [0, 0.1) is 0 Å². The van der Waals surface area contributed by atoms with Crippen LogP contribution in [0.5, 0.6) is 0 Å². The first-order valence-corrected chi connectivity index (χ1v) is 10.4. The summed E-state index contributed by atoms with van der Waals surface area (Å²) in [7, 11) is 0. The van der Waals surface area contributed by atoms with Gasteiger partial charge in [-0.2, -0.15) is 4.98 Å². The van der Waals surface area contributed by atoms with E-state index in [0.717, 1.165) is 22.6 Å². The Hall–Kier alpha value is -2.36. The first-order valence-electron chi connectivity index (χ1n) is 8.17. The Morgan fingerprint density at radius 3 is 2.89 bits per heavy atom. The summed E-state index contributed by atoms with van der Waals surface area (Å²) < 4.78 is 6.77. The van der Waals surface area contributed by atoms with Crippen LogP contribution in [-0.2, 0) is 6.42 Å². The molecule has 0 unspecified atom stereocenters. The molecule has 0 spiro atoms. The third kappa shape index (κ3) is 4.00. The van der Waals surface area contributed by atoms with Crippen molar-refractivity contribution in [3.8, 4) is 22.1 Å². The van der Waals surface area contributed by atoms with Gasteiger partial charge in [-0.1, -0.05) is 46.7 Å². The lowest BCUT2D eigenvalue weighted by Crippen LogP contribution is -2.11. The van der Waals surface area contributed by atoms with Crippen LogP contribution < -0.4 is 5.84 Å². The molecule has 0 saturated heterocycles. The lowest BCUT2D eigenvalue weighted by atomic mass is 10.2. The molecule has 0 aliphatic carbocycles. The normalized spacial score (nSPS) is 11.1. The molecule has 4 aromatic rings. The number of hydrogen-bond acceptors (Lipinski definition) is 8. The zero-order valence-electron chi connectivity index (χ0n) is 14.1. The Morgan fingerprint density at radius 1 is 1.19 bits per heavy atom. The third-order valence-corrected chi connectivity index (χ3v) is 5.98. The highest BCUT2D eigenvalue weighted by Gasteiger charge is 2.15. The lowest BCUT2D eigenvalue weighted by Gasteiger charge is -2.04. The highest BCUT2D eigenvalue weighted by molar-refractivity contribution is 7.99. The van der Waals surface area contributed by atoms with Crippen LogP contribution in [0.25, 0.3) is 22.1 Å². The van der Waals surface area contributed by atoms with Gasteiger partial charge in [0.05, 0.1) is 9.90 Å². The summed E-state index contributed by atoms with van der Waals surface area (Å²) in [4.78, 5) is 5.42. The fraction of sp³-hybridized carbons (Fsp3) is 0.176. The van der Waals surface area contributed by atoms with Gasteiger partial charge in [0.2, 0.25) is 16.9 Å². The zero-order valence-corrected chi connectivity index (χ0v) is 16.5. The van der Waals surface area contributed by atoms with E-state index in [4.69, 9.17) is 22.0 Å². The number of hydrogen-bond donors (Lipinski definition) is 1. The Kier molecular flexibility index (Phi) is 5.42. The molecule has 4 rings (SSSR count). The predicted molar refractivity (Wildman–Crippen MR) is 107 cm³/mol. The first kappa shape index (κ1) is 18.0. The van der Waals surface area contributed by atoms with Crippen molar-refractivity contribution in [2.24, 2.45) is 0 Å². The maximum Gasteiger partial charge on any atom is 0.227 e. The highest BCUT2D eigenvalue weighted by Crippen LogP contribution is 2.28. The molecule has 10 heteroatoms. The Labute approximate surface area is 168 Å². The van der Waals surface area contributed by atoms with E-state index in [1.165, 1.54) is 16.4 Å². The number of benzene rings is 1. The lowest BCUT2D eigenvalue weighted by molar-refractivity contribution is 0.378. The van der Waals surface area contributed by atoms with Crippen molar-refractivity contribution in [2.45, 2.75) is 18.0 Å². The van der Waals surface area contributed by atoms with Gasteiger partial charge in [0.15, 0.2) is 5.82 Å². The van der Waals surface area contributed by atoms with E-state index in [1.54, 1.807) is 17.4 Å². The average molecular weight is 419 g/mol. The van der Waals surface area contributed by atoms with Gasteiger partial charge in [0.25, 0.3) is 0 Å². The molecule has 0 aliphatic rings. The van der Waals surface area contributed by atoms with Gasteiger partial charge in [-0.25, -0.2) is 4.68 Å². The number of aryl methyl sites for hydroxylation is 1. The van der Waals surface area contributed by atoms with E-state index in [9.17, 15) is 0 Å². The topological polar surface area (TPSA) is 95.7 Å². The molecule has 0 aliphatic heterocycles. The van der Waals surface area contributed by atoms with Gasteiger partial charge in [0.1, 0.15) is 0 Å². The van der Waals surface area contributed by atoms with Crippen molar-refractivity contribution >= 4 is 34.7 Å². The van der Waals surface area contributed by atoms with Crippen LogP contribution in [0.4, 0.5) is 0 Å². The van der Waals surface area contributed by atoms with Crippen LogP contribution in [0.15, 0.2) is 51.5 Å². The summed E-state index contributed by atoms with van der Waals surface area (Å²) in [5, 5.41) is 15.5. The summed E-state index contributed by atoms with van der Waals surface area (Å²) in [6.45, 7) is 0. The minimum absolute atomic E-state index is 0.542. The number of nitrogens with zero attached hydrogens (tertiary/aromatic N) is 5. The van der Waals surface area contributed by atoms with E-state index in [1.807, 2.05) is 35.7 Å². The largest absolute Gasteiger partial charge is 0.339 e. The summed E-state index contributed by atoms with van der Waals surface area (Å²) in [5.41, 5.74) is 0.757. The van der Waals surface area contributed by atoms with E-state index < -0.39 is 0 Å². The van der Waals surface area contributed by atoms with Gasteiger partial charge in [-0.3, -0.25) is 0 Å². The fourth-order valence-electron chi connectivity index (χ4n) is 2.45. The summed E-state index contributed by atoms with van der Waals surface area (Å²) in [6, 6.07) is 11.3. The van der Waals surface area contributed by atoms with Gasteiger partial charge < -0.3 is 10.4 Å². The molecule has 2 N–H and O–H groups in total. The van der Waals surface area contributed by atoms with Gasteiger partial charge in [-0.15, -0.1) is 21.5 Å². The molecule has 3 heterocycles. The molecule has 0 atom stereocenters. The van der Waals surface area contributed by atoms with E-state index in [-0.39, 0.29) is 0 Å². The van der Waals surface area contributed by atoms with Crippen LogP contribution >= 0.6 is 34.7 Å². The molecule has 0 saturated carbocycles. The maximum atomic E-state index is 6.21. The molecule has 3 aromatic heterocycles. The molecule has 0 bridgehead atoms. The molecule has 1 aromatic carbocycles. The third-order valence-electron chi connectivity index (χ3n) is 3.76. The van der Waals surface area contributed by atoms with E-state index >= 15 is 0 Å². The molecule has 0 fully saturated rings. The second kappa shape index (κ2) is 8.12. The quantitative estimate of drug-likeness (QED) is 0.273. The fourth-order valence-corrected chi connectivity index (χ4v) is 4.12. The molecule has 27 heavy (non-hydrogen) atoms. The number of nitrogens with two attached hydrogens (primary N) is 1. The molecule has 138 valence electrons. The van der Waals surface area contributed by atoms with E-state index in [0.29, 0.717) is 34.1 Å². The first-order chi connectivity index (χ1) is 13.2. The monoisotopic (exact) mass is 418 g/mol. The second-order valence-electron chi connectivity index (χ2n) is 5.60. The predicted octanol–water partition coefficient (Wildman–Crippen LogP) is 4.15. The van der Waals surface area contributed by atoms with Crippen molar-refractivity contribution in [3.05, 3.63) is 52.7 Å². The summed E-state index contributed by atoms with van der Waals surface area (Å²) in [5.74, 6) is 8.74. The average Bonchev–Trinajstić information content (AvgIpc) is 3.41. The zero-order chi connectivity index (χ0) is 18.6. The SMILES string of the molecule is Nn1c(SCCCc2nc(-c3cccs3)no2)nnc1-c1ccccc1Cl. The smallest absolute Gasteiger partial charge is 0.227 e. The van der Waals surface area contributed by atoms with Gasteiger partial charge >= 0.3 is 0 Å². The Balaban J connectivity index is 1.33. The van der Waals surface area contributed by atoms with E-state index in [2.05, 4.69) is 20.3 Å². The molecular formula is C17H15ClN6OS2. The van der Waals surface area contributed by atoms with Crippen molar-refractivity contribution in [2.75, 3.05) is 11.6 Å². The molecular weight excluding hydrogens is 404 g/mol. The molecule has 0 amide bonds. The van der Waals surface area contributed by atoms with Crippen molar-refractivity contribution in [3.63, 3.8) is 0 Å². The number of aromatic nitrogens is 5.